The number of anilines is 1. The number of hydrogen-bond donors (Lipinski definition) is 1. The van der Waals surface area contributed by atoms with Crippen molar-refractivity contribution in [3.8, 4) is 0 Å². The molecule has 0 unspecified atom stereocenters. The van der Waals surface area contributed by atoms with Crippen molar-refractivity contribution in [2.45, 2.75) is 53.6 Å². The van der Waals surface area contributed by atoms with Gasteiger partial charge >= 0.3 is 6.01 Å². The molecule has 0 saturated carbocycles. The van der Waals surface area contributed by atoms with E-state index in [-0.39, 0.29) is 11.0 Å². The second-order valence-electron chi connectivity index (χ2n) is 7.00. The fraction of sp³-hybridized carbons (Fsp3) is 0.846. The first kappa shape index (κ1) is 15.0. The third-order valence-electron chi connectivity index (χ3n) is 2.26. The first-order valence-corrected chi connectivity index (χ1v) is 6.35. The van der Waals surface area contributed by atoms with Crippen LogP contribution in [0.5, 0.6) is 0 Å². The number of hydrogen-bond acceptors (Lipinski definition) is 5. The predicted molar refractivity (Wildman–Crippen MR) is 73.6 cm³/mol. The molecule has 1 rings (SSSR count). The van der Waals surface area contributed by atoms with Crippen LogP contribution in [0.15, 0.2) is 4.42 Å². The molecule has 1 N–H and O–H groups in total. The van der Waals surface area contributed by atoms with Crippen molar-refractivity contribution in [1.29, 1.82) is 0 Å². The van der Waals surface area contributed by atoms with Gasteiger partial charge in [0.15, 0.2) is 0 Å². The maximum absolute atomic E-state index is 5.63. The van der Waals surface area contributed by atoms with Crippen molar-refractivity contribution in [2.75, 3.05) is 18.5 Å². The van der Waals surface area contributed by atoms with E-state index in [2.05, 4.69) is 57.1 Å². The van der Waals surface area contributed by atoms with Gasteiger partial charge in [-0.15, -0.1) is 5.10 Å². The van der Waals surface area contributed by atoms with Gasteiger partial charge in [-0.1, -0.05) is 25.9 Å². The number of rotatable bonds is 4. The minimum atomic E-state index is 0.0476. The molecule has 0 aliphatic carbocycles. The fourth-order valence-corrected chi connectivity index (χ4v) is 1.59. The Kier molecular flexibility index (Phi) is 4.37. The van der Waals surface area contributed by atoms with Gasteiger partial charge in [-0.25, -0.2) is 0 Å². The molecule has 0 atom stereocenters. The van der Waals surface area contributed by atoms with E-state index in [1.165, 1.54) is 0 Å². The predicted octanol–water partition coefficient (Wildman–Crippen LogP) is 2.44. The lowest BCUT2D eigenvalue weighted by molar-refractivity contribution is 0.372. The van der Waals surface area contributed by atoms with Gasteiger partial charge in [0.05, 0.1) is 6.54 Å². The van der Waals surface area contributed by atoms with Gasteiger partial charge < -0.3 is 14.6 Å². The van der Waals surface area contributed by atoms with Gasteiger partial charge in [0.2, 0.25) is 5.89 Å². The molecule has 18 heavy (non-hydrogen) atoms. The second-order valence-corrected chi connectivity index (χ2v) is 7.00. The molecule has 0 aromatic carbocycles. The van der Waals surface area contributed by atoms with Gasteiger partial charge in [0, 0.05) is 19.1 Å². The first-order valence-electron chi connectivity index (χ1n) is 6.35. The Morgan fingerprint density at radius 2 is 1.72 bits per heavy atom. The van der Waals surface area contributed by atoms with E-state index in [1.54, 1.807) is 0 Å². The van der Waals surface area contributed by atoms with E-state index in [0.29, 0.717) is 18.5 Å². The topological polar surface area (TPSA) is 54.2 Å². The molecule has 0 saturated heterocycles. The Labute approximate surface area is 110 Å². The molecule has 104 valence electrons. The monoisotopic (exact) mass is 254 g/mol. The van der Waals surface area contributed by atoms with Gasteiger partial charge in [0.25, 0.3) is 0 Å². The Morgan fingerprint density at radius 3 is 2.22 bits per heavy atom. The van der Waals surface area contributed by atoms with Crippen LogP contribution in [0, 0.1) is 5.41 Å². The third kappa shape index (κ3) is 5.49. The van der Waals surface area contributed by atoms with Crippen LogP contribution in [-0.2, 0) is 6.54 Å². The average molecular weight is 254 g/mol. The second kappa shape index (κ2) is 5.26. The molecular weight excluding hydrogens is 228 g/mol. The van der Waals surface area contributed by atoms with E-state index >= 15 is 0 Å². The Hall–Kier alpha value is -1.10. The molecular formula is C13H26N4O. The van der Waals surface area contributed by atoms with Gasteiger partial charge in [0.1, 0.15) is 0 Å². The minimum absolute atomic E-state index is 0.0476. The van der Waals surface area contributed by atoms with Gasteiger partial charge in [-0.2, -0.15) is 0 Å². The van der Waals surface area contributed by atoms with Crippen LogP contribution in [0.2, 0.25) is 0 Å². The lowest BCUT2D eigenvalue weighted by Crippen LogP contribution is -2.35. The summed E-state index contributed by atoms with van der Waals surface area (Å²) in [7, 11) is 1.97. The SMILES string of the molecule is CN(CC(C)(C)C)c1nnc(CNC(C)(C)C)o1. The highest BCUT2D eigenvalue weighted by Crippen LogP contribution is 2.19. The summed E-state index contributed by atoms with van der Waals surface area (Å²) < 4.78 is 5.63. The fourth-order valence-electron chi connectivity index (χ4n) is 1.59. The molecule has 0 amide bonds. The summed E-state index contributed by atoms with van der Waals surface area (Å²) in [5.74, 6) is 0.626. The number of aromatic nitrogens is 2. The van der Waals surface area contributed by atoms with Crippen molar-refractivity contribution in [2.24, 2.45) is 5.41 Å². The molecule has 1 heterocycles. The lowest BCUT2D eigenvalue weighted by Gasteiger charge is -2.24. The molecule has 5 heteroatoms. The zero-order valence-electron chi connectivity index (χ0n) is 12.7. The largest absolute Gasteiger partial charge is 0.407 e. The highest BCUT2D eigenvalue weighted by molar-refractivity contribution is 5.22. The summed E-state index contributed by atoms with van der Waals surface area (Å²) in [5, 5.41) is 11.4. The normalized spacial score (nSPS) is 12.8. The summed E-state index contributed by atoms with van der Waals surface area (Å²) in [6.07, 6.45) is 0. The quantitative estimate of drug-likeness (QED) is 0.894. The Morgan fingerprint density at radius 1 is 1.11 bits per heavy atom. The number of nitrogens with zero attached hydrogens (tertiary/aromatic N) is 3. The molecule has 1 aromatic rings. The highest BCUT2D eigenvalue weighted by Gasteiger charge is 2.18. The van der Waals surface area contributed by atoms with Crippen LogP contribution in [-0.4, -0.2) is 29.3 Å². The summed E-state index contributed by atoms with van der Waals surface area (Å²) >= 11 is 0. The Balaban J connectivity index is 2.58. The Bertz CT molecular complexity index is 373. The zero-order chi connectivity index (χ0) is 14.0. The van der Waals surface area contributed by atoms with Gasteiger partial charge in [-0.05, 0) is 26.2 Å². The minimum Gasteiger partial charge on any atom is -0.407 e. The molecule has 0 aliphatic rings. The summed E-state index contributed by atoms with van der Waals surface area (Å²) in [6.45, 7) is 14.3. The van der Waals surface area contributed by atoms with Crippen LogP contribution in [0.1, 0.15) is 47.4 Å². The van der Waals surface area contributed by atoms with E-state index < -0.39 is 0 Å². The molecule has 0 bridgehead atoms. The molecule has 5 nitrogen and oxygen atoms in total. The summed E-state index contributed by atoms with van der Waals surface area (Å²) in [4.78, 5) is 1.99. The van der Waals surface area contributed by atoms with Crippen molar-refractivity contribution in [3.05, 3.63) is 5.89 Å². The summed E-state index contributed by atoms with van der Waals surface area (Å²) in [5.41, 5.74) is 0.249. The van der Waals surface area contributed by atoms with E-state index in [4.69, 9.17) is 4.42 Å². The van der Waals surface area contributed by atoms with Crippen LogP contribution < -0.4 is 10.2 Å². The van der Waals surface area contributed by atoms with Gasteiger partial charge in [-0.3, -0.25) is 0 Å². The van der Waals surface area contributed by atoms with Crippen LogP contribution in [0.4, 0.5) is 6.01 Å². The highest BCUT2D eigenvalue weighted by atomic mass is 16.4. The smallest absolute Gasteiger partial charge is 0.317 e. The standard InChI is InChI=1S/C13H26N4O/c1-12(2,3)9-17(7)11-16-15-10(18-11)8-14-13(4,5)6/h14H,8-9H2,1-7H3. The maximum atomic E-state index is 5.63. The van der Waals surface area contributed by atoms with Crippen LogP contribution in [0.25, 0.3) is 0 Å². The van der Waals surface area contributed by atoms with E-state index in [9.17, 15) is 0 Å². The summed E-state index contributed by atoms with van der Waals surface area (Å²) in [6, 6.07) is 0.579. The van der Waals surface area contributed by atoms with Crippen molar-refractivity contribution in [3.63, 3.8) is 0 Å². The molecule has 1 aromatic heterocycles. The van der Waals surface area contributed by atoms with E-state index in [1.807, 2.05) is 11.9 Å². The lowest BCUT2D eigenvalue weighted by atomic mass is 9.96. The molecule has 0 radical (unpaired) electrons. The van der Waals surface area contributed by atoms with Crippen molar-refractivity contribution < 1.29 is 4.42 Å². The molecule has 0 fully saturated rings. The zero-order valence-corrected chi connectivity index (χ0v) is 12.7. The van der Waals surface area contributed by atoms with E-state index in [0.717, 1.165) is 6.54 Å². The number of nitrogens with one attached hydrogen (secondary N) is 1. The van der Waals surface area contributed by atoms with Crippen molar-refractivity contribution >= 4 is 6.01 Å². The first-order chi connectivity index (χ1) is 8.07. The third-order valence-corrected chi connectivity index (χ3v) is 2.26. The maximum Gasteiger partial charge on any atom is 0.317 e. The van der Waals surface area contributed by atoms with Crippen LogP contribution in [0.3, 0.4) is 0 Å². The van der Waals surface area contributed by atoms with Crippen LogP contribution >= 0.6 is 0 Å². The molecule has 0 aliphatic heterocycles. The van der Waals surface area contributed by atoms with Crippen molar-refractivity contribution in [1.82, 2.24) is 15.5 Å². The molecule has 0 spiro atoms. The average Bonchev–Trinajstić information content (AvgIpc) is 2.58.